The van der Waals surface area contributed by atoms with Crippen LogP contribution in [0.15, 0.2) is 18.2 Å². The Morgan fingerprint density at radius 1 is 1.19 bits per heavy atom. The van der Waals surface area contributed by atoms with Crippen LogP contribution in [0.5, 0.6) is 0 Å². The number of imidazole rings is 1. The number of likely N-dealkylation sites (tertiary alicyclic amines) is 1. The number of carbonyl (C=O) groups is 1. The van der Waals surface area contributed by atoms with Crippen LogP contribution in [0.2, 0.25) is 0 Å². The SMILES string of the molecule is Cc1ccc2nc([C@H]3CCCN3CC(=O)NC3CCCCCC3)[nH]c2c1. The minimum absolute atomic E-state index is 0.177. The average molecular weight is 354 g/mol. The number of carbonyl (C=O) groups excluding carboxylic acids is 1. The van der Waals surface area contributed by atoms with Gasteiger partial charge in [0, 0.05) is 6.04 Å². The maximum absolute atomic E-state index is 12.6. The summed E-state index contributed by atoms with van der Waals surface area (Å²) in [5.41, 5.74) is 3.34. The first-order valence-corrected chi connectivity index (χ1v) is 10.2. The molecule has 1 aromatic carbocycles. The minimum Gasteiger partial charge on any atom is -0.352 e. The van der Waals surface area contributed by atoms with E-state index in [1.165, 1.54) is 31.2 Å². The number of hydrogen-bond donors (Lipinski definition) is 2. The lowest BCUT2D eigenvalue weighted by Crippen LogP contribution is -2.41. The highest BCUT2D eigenvalue weighted by Crippen LogP contribution is 2.31. The topological polar surface area (TPSA) is 61.0 Å². The van der Waals surface area contributed by atoms with Crippen LogP contribution in [0.25, 0.3) is 11.0 Å². The van der Waals surface area contributed by atoms with Gasteiger partial charge in [0.2, 0.25) is 5.91 Å². The van der Waals surface area contributed by atoms with E-state index in [-0.39, 0.29) is 11.9 Å². The van der Waals surface area contributed by atoms with Crippen LogP contribution >= 0.6 is 0 Å². The average Bonchev–Trinajstić information content (AvgIpc) is 3.15. The number of benzene rings is 1. The first-order chi connectivity index (χ1) is 12.7. The lowest BCUT2D eigenvalue weighted by molar-refractivity contribution is -0.123. The number of aromatic nitrogens is 2. The molecule has 1 saturated heterocycles. The van der Waals surface area contributed by atoms with E-state index in [9.17, 15) is 4.79 Å². The Hall–Kier alpha value is -1.88. The van der Waals surface area contributed by atoms with Gasteiger partial charge in [0.1, 0.15) is 5.82 Å². The van der Waals surface area contributed by atoms with Crippen LogP contribution < -0.4 is 5.32 Å². The Labute approximate surface area is 155 Å². The summed E-state index contributed by atoms with van der Waals surface area (Å²) >= 11 is 0. The molecule has 2 fully saturated rings. The molecule has 1 aliphatic heterocycles. The lowest BCUT2D eigenvalue weighted by atomic mass is 10.1. The van der Waals surface area contributed by atoms with Crippen LogP contribution in [0.1, 0.15) is 68.8 Å². The number of nitrogens with one attached hydrogen (secondary N) is 2. The largest absolute Gasteiger partial charge is 0.352 e. The molecule has 5 heteroatoms. The molecule has 0 bridgehead atoms. The molecular formula is C21H30N4O. The zero-order valence-corrected chi connectivity index (χ0v) is 15.8. The monoisotopic (exact) mass is 354 g/mol. The highest BCUT2D eigenvalue weighted by molar-refractivity contribution is 5.78. The predicted octanol–water partition coefficient (Wildman–Crippen LogP) is 3.85. The summed E-state index contributed by atoms with van der Waals surface area (Å²) in [6.07, 6.45) is 9.58. The minimum atomic E-state index is 0.177. The van der Waals surface area contributed by atoms with Crippen molar-refractivity contribution in [2.24, 2.45) is 0 Å². The Balaban J connectivity index is 1.41. The van der Waals surface area contributed by atoms with Crippen LogP contribution in [0, 0.1) is 6.92 Å². The van der Waals surface area contributed by atoms with E-state index in [4.69, 9.17) is 4.98 Å². The number of aromatic amines is 1. The van der Waals surface area contributed by atoms with Crippen molar-refractivity contribution in [1.82, 2.24) is 20.2 Å². The molecule has 5 nitrogen and oxygen atoms in total. The van der Waals surface area contributed by atoms with Crippen molar-refractivity contribution in [1.29, 1.82) is 0 Å². The second-order valence-corrected chi connectivity index (χ2v) is 8.03. The summed E-state index contributed by atoms with van der Waals surface area (Å²) in [5.74, 6) is 1.18. The fourth-order valence-electron chi connectivity index (χ4n) is 4.51. The normalized spacial score (nSPS) is 22.6. The molecule has 2 heterocycles. The summed E-state index contributed by atoms with van der Waals surface area (Å²) in [5, 5.41) is 3.28. The van der Waals surface area contributed by atoms with Gasteiger partial charge in [-0.25, -0.2) is 4.98 Å². The van der Waals surface area contributed by atoms with Crippen molar-refractivity contribution in [3.8, 4) is 0 Å². The van der Waals surface area contributed by atoms with E-state index < -0.39 is 0 Å². The van der Waals surface area contributed by atoms with E-state index in [1.807, 2.05) is 0 Å². The van der Waals surface area contributed by atoms with Gasteiger partial charge in [-0.2, -0.15) is 0 Å². The molecule has 140 valence electrons. The molecule has 1 saturated carbocycles. The molecule has 0 unspecified atom stereocenters. The zero-order chi connectivity index (χ0) is 17.9. The van der Waals surface area contributed by atoms with E-state index in [1.54, 1.807) is 0 Å². The molecule has 2 N–H and O–H groups in total. The number of nitrogens with zero attached hydrogens (tertiary/aromatic N) is 2. The highest BCUT2D eigenvalue weighted by Gasteiger charge is 2.30. The number of amides is 1. The summed E-state index contributed by atoms with van der Waals surface area (Å²) in [4.78, 5) is 23.2. The Bertz CT molecular complexity index is 760. The van der Waals surface area contributed by atoms with Gasteiger partial charge in [0.05, 0.1) is 23.6 Å². The quantitative estimate of drug-likeness (QED) is 0.820. The molecule has 4 rings (SSSR count). The first-order valence-electron chi connectivity index (χ1n) is 10.2. The van der Waals surface area contributed by atoms with Crippen molar-refractivity contribution >= 4 is 16.9 Å². The molecule has 26 heavy (non-hydrogen) atoms. The van der Waals surface area contributed by atoms with Crippen molar-refractivity contribution in [2.75, 3.05) is 13.1 Å². The highest BCUT2D eigenvalue weighted by atomic mass is 16.2. The molecule has 1 amide bonds. The van der Waals surface area contributed by atoms with Gasteiger partial charge in [0.15, 0.2) is 0 Å². The van der Waals surface area contributed by atoms with Crippen molar-refractivity contribution < 1.29 is 4.79 Å². The van der Waals surface area contributed by atoms with Gasteiger partial charge >= 0.3 is 0 Å². The van der Waals surface area contributed by atoms with E-state index in [0.717, 1.165) is 49.1 Å². The lowest BCUT2D eigenvalue weighted by Gasteiger charge is -2.24. The fraction of sp³-hybridized carbons (Fsp3) is 0.619. The Kier molecular flexibility index (Phi) is 5.25. The zero-order valence-electron chi connectivity index (χ0n) is 15.8. The standard InChI is InChI=1S/C21H30N4O/c1-15-10-11-17-18(13-15)24-21(23-17)19-9-6-12-25(19)14-20(26)22-16-7-4-2-3-5-8-16/h10-11,13,16,19H,2-9,12,14H2,1H3,(H,22,26)(H,23,24)/t19-/m1/s1. The number of aryl methyl sites for hydroxylation is 1. The second-order valence-electron chi connectivity index (χ2n) is 8.03. The maximum atomic E-state index is 12.6. The van der Waals surface area contributed by atoms with Gasteiger partial charge in [-0.05, 0) is 56.8 Å². The third-order valence-electron chi connectivity index (χ3n) is 5.90. The summed E-state index contributed by atoms with van der Waals surface area (Å²) < 4.78 is 0. The summed E-state index contributed by atoms with van der Waals surface area (Å²) in [7, 11) is 0. The van der Waals surface area contributed by atoms with Crippen molar-refractivity contribution in [3.63, 3.8) is 0 Å². The van der Waals surface area contributed by atoms with E-state index in [2.05, 4.69) is 40.3 Å². The second kappa shape index (κ2) is 7.78. The molecule has 0 radical (unpaired) electrons. The fourth-order valence-corrected chi connectivity index (χ4v) is 4.51. The van der Waals surface area contributed by atoms with Crippen LogP contribution in [0.3, 0.4) is 0 Å². The number of rotatable bonds is 4. The predicted molar refractivity (Wildman–Crippen MR) is 104 cm³/mol. The van der Waals surface area contributed by atoms with Gasteiger partial charge in [-0.15, -0.1) is 0 Å². The van der Waals surface area contributed by atoms with Crippen molar-refractivity contribution in [2.45, 2.75) is 70.4 Å². The molecule has 1 aromatic heterocycles. The van der Waals surface area contributed by atoms with Gasteiger partial charge in [-0.3, -0.25) is 9.69 Å². The van der Waals surface area contributed by atoms with Crippen LogP contribution in [-0.4, -0.2) is 39.9 Å². The molecule has 0 spiro atoms. The molecule has 1 aliphatic carbocycles. The van der Waals surface area contributed by atoms with Gasteiger partial charge in [0.25, 0.3) is 0 Å². The number of fused-ring (bicyclic) bond motifs is 1. The molecule has 2 aromatic rings. The number of hydrogen-bond acceptors (Lipinski definition) is 3. The van der Waals surface area contributed by atoms with Crippen molar-refractivity contribution in [3.05, 3.63) is 29.6 Å². The van der Waals surface area contributed by atoms with Crippen LogP contribution in [-0.2, 0) is 4.79 Å². The maximum Gasteiger partial charge on any atom is 0.234 e. The number of H-pyrrole nitrogens is 1. The molecule has 2 aliphatic rings. The molecule has 1 atom stereocenters. The third-order valence-corrected chi connectivity index (χ3v) is 5.90. The van der Waals surface area contributed by atoms with E-state index >= 15 is 0 Å². The Morgan fingerprint density at radius 2 is 2.00 bits per heavy atom. The van der Waals surface area contributed by atoms with E-state index in [0.29, 0.717) is 12.6 Å². The smallest absolute Gasteiger partial charge is 0.234 e. The first kappa shape index (κ1) is 17.5. The Morgan fingerprint density at radius 3 is 2.81 bits per heavy atom. The summed E-state index contributed by atoms with van der Waals surface area (Å²) in [6.45, 7) is 3.55. The van der Waals surface area contributed by atoms with Crippen LogP contribution in [0.4, 0.5) is 0 Å². The van der Waals surface area contributed by atoms with Gasteiger partial charge in [-0.1, -0.05) is 31.7 Å². The third kappa shape index (κ3) is 3.93. The summed E-state index contributed by atoms with van der Waals surface area (Å²) in [6, 6.07) is 6.91. The molecular weight excluding hydrogens is 324 g/mol. The van der Waals surface area contributed by atoms with Gasteiger partial charge < -0.3 is 10.3 Å².